The first kappa shape index (κ1) is 15.4. The summed E-state index contributed by atoms with van der Waals surface area (Å²) in [6.45, 7) is 4.00. The van der Waals surface area contributed by atoms with Gasteiger partial charge in [0.2, 0.25) is 0 Å². The van der Waals surface area contributed by atoms with Crippen molar-refractivity contribution in [2.75, 3.05) is 7.11 Å². The first-order chi connectivity index (χ1) is 9.47. The van der Waals surface area contributed by atoms with E-state index in [0.717, 1.165) is 4.47 Å². The van der Waals surface area contributed by atoms with Crippen LogP contribution in [0.1, 0.15) is 37.3 Å². The summed E-state index contributed by atoms with van der Waals surface area (Å²) in [6.07, 6.45) is 0.750. The Bertz CT molecular complexity index is 613. The van der Waals surface area contributed by atoms with Gasteiger partial charge in [-0.3, -0.25) is 4.68 Å². The second-order valence-electron chi connectivity index (χ2n) is 4.67. The van der Waals surface area contributed by atoms with Crippen molar-refractivity contribution in [1.29, 1.82) is 0 Å². The number of methoxy groups -OCH3 is 1. The summed E-state index contributed by atoms with van der Waals surface area (Å²) in [5.41, 5.74) is 1.20. The standard InChI is InChI=1S/C14H16BrClN2O2/c1-8(2)18-13(9(15)7-17-18)14(19)12-10(16)5-4-6-11(12)20-3/h4-8,14,19H,1-3H3. The number of nitrogens with zero attached hydrogens (tertiary/aromatic N) is 2. The number of benzene rings is 1. The average molecular weight is 360 g/mol. The first-order valence-electron chi connectivity index (χ1n) is 6.20. The summed E-state index contributed by atoms with van der Waals surface area (Å²) in [5, 5.41) is 15.5. The lowest BCUT2D eigenvalue weighted by Crippen LogP contribution is -2.13. The van der Waals surface area contributed by atoms with Gasteiger partial charge in [-0.15, -0.1) is 0 Å². The third-order valence-corrected chi connectivity index (χ3v) is 3.98. The van der Waals surface area contributed by atoms with E-state index < -0.39 is 6.10 Å². The van der Waals surface area contributed by atoms with E-state index >= 15 is 0 Å². The minimum Gasteiger partial charge on any atom is -0.496 e. The fourth-order valence-electron chi connectivity index (χ4n) is 2.12. The number of ether oxygens (including phenoxy) is 1. The molecule has 0 aliphatic rings. The molecule has 0 fully saturated rings. The molecule has 2 aromatic rings. The van der Waals surface area contributed by atoms with Crippen LogP contribution in [0.15, 0.2) is 28.9 Å². The van der Waals surface area contributed by atoms with E-state index in [0.29, 0.717) is 22.0 Å². The highest BCUT2D eigenvalue weighted by atomic mass is 79.9. The normalized spacial score (nSPS) is 12.8. The summed E-state index contributed by atoms with van der Waals surface area (Å²) in [6, 6.07) is 5.41. The van der Waals surface area contributed by atoms with E-state index in [4.69, 9.17) is 16.3 Å². The molecule has 1 heterocycles. The van der Waals surface area contributed by atoms with Crippen molar-refractivity contribution >= 4 is 27.5 Å². The van der Waals surface area contributed by atoms with Crippen LogP contribution in [0.4, 0.5) is 0 Å². The molecule has 6 heteroatoms. The molecule has 0 bridgehead atoms. The van der Waals surface area contributed by atoms with Crippen LogP contribution in [0, 0.1) is 0 Å². The van der Waals surface area contributed by atoms with Gasteiger partial charge in [0.05, 0.1) is 28.5 Å². The molecule has 1 unspecified atom stereocenters. The van der Waals surface area contributed by atoms with E-state index in [1.165, 1.54) is 0 Å². The van der Waals surface area contributed by atoms with Crippen LogP contribution in [0.25, 0.3) is 0 Å². The molecule has 0 radical (unpaired) electrons. The third kappa shape index (κ3) is 2.71. The second kappa shape index (κ2) is 6.16. The zero-order valence-corrected chi connectivity index (χ0v) is 13.8. The van der Waals surface area contributed by atoms with Gasteiger partial charge >= 0.3 is 0 Å². The highest BCUT2D eigenvalue weighted by Gasteiger charge is 2.25. The molecule has 1 aromatic carbocycles. The monoisotopic (exact) mass is 358 g/mol. The number of aliphatic hydroxyl groups is 1. The molecule has 2 rings (SSSR count). The van der Waals surface area contributed by atoms with E-state index in [1.54, 1.807) is 36.2 Å². The topological polar surface area (TPSA) is 47.3 Å². The summed E-state index contributed by atoms with van der Waals surface area (Å²) in [7, 11) is 1.55. The summed E-state index contributed by atoms with van der Waals surface area (Å²) in [4.78, 5) is 0. The molecule has 0 spiro atoms. The molecule has 0 saturated carbocycles. The fraction of sp³-hybridized carbons (Fsp3) is 0.357. The van der Waals surface area contributed by atoms with Crippen LogP contribution in [-0.4, -0.2) is 22.0 Å². The van der Waals surface area contributed by atoms with Crippen molar-refractivity contribution in [3.05, 3.63) is 45.1 Å². The Balaban J connectivity index is 2.57. The number of aliphatic hydroxyl groups excluding tert-OH is 1. The Labute approximate surface area is 131 Å². The molecule has 1 aromatic heterocycles. The maximum atomic E-state index is 10.7. The van der Waals surface area contributed by atoms with Gasteiger partial charge in [0.1, 0.15) is 11.9 Å². The van der Waals surface area contributed by atoms with E-state index in [1.807, 2.05) is 13.8 Å². The van der Waals surface area contributed by atoms with Gasteiger partial charge in [0.25, 0.3) is 0 Å². The number of hydrogen-bond acceptors (Lipinski definition) is 3. The molecular weight excluding hydrogens is 344 g/mol. The number of rotatable bonds is 4. The molecular formula is C14H16BrClN2O2. The number of hydrogen-bond donors (Lipinski definition) is 1. The molecule has 1 atom stereocenters. The van der Waals surface area contributed by atoms with Crippen LogP contribution >= 0.6 is 27.5 Å². The van der Waals surface area contributed by atoms with Crippen molar-refractivity contribution in [2.45, 2.75) is 26.0 Å². The Hall–Kier alpha value is -1.04. The van der Waals surface area contributed by atoms with Crippen molar-refractivity contribution in [3.8, 4) is 5.75 Å². The van der Waals surface area contributed by atoms with Crippen LogP contribution in [0.2, 0.25) is 5.02 Å². The van der Waals surface area contributed by atoms with Gasteiger partial charge in [-0.1, -0.05) is 17.7 Å². The molecule has 1 N–H and O–H groups in total. The fourth-order valence-corrected chi connectivity index (χ4v) is 2.87. The van der Waals surface area contributed by atoms with Crippen molar-refractivity contribution in [1.82, 2.24) is 9.78 Å². The van der Waals surface area contributed by atoms with E-state index in [2.05, 4.69) is 21.0 Å². The first-order valence-corrected chi connectivity index (χ1v) is 7.37. The Morgan fingerprint density at radius 2 is 2.10 bits per heavy atom. The molecule has 0 aliphatic carbocycles. The predicted octanol–water partition coefficient (Wildman–Crippen LogP) is 3.97. The number of halogens is 2. The molecule has 0 saturated heterocycles. The van der Waals surface area contributed by atoms with Crippen LogP contribution in [0.5, 0.6) is 5.75 Å². The van der Waals surface area contributed by atoms with Gasteiger partial charge in [-0.05, 0) is 41.9 Å². The SMILES string of the molecule is COc1cccc(Cl)c1C(O)c1c(Br)cnn1C(C)C. The van der Waals surface area contributed by atoms with Gasteiger partial charge in [0.15, 0.2) is 0 Å². The van der Waals surface area contributed by atoms with E-state index in [-0.39, 0.29) is 6.04 Å². The Morgan fingerprint density at radius 3 is 2.70 bits per heavy atom. The van der Waals surface area contributed by atoms with Gasteiger partial charge in [-0.2, -0.15) is 5.10 Å². The number of aromatic nitrogens is 2. The third-order valence-electron chi connectivity index (χ3n) is 3.04. The smallest absolute Gasteiger partial charge is 0.127 e. The predicted molar refractivity (Wildman–Crippen MR) is 82.4 cm³/mol. The zero-order valence-electron chi connectivity index (χ0n) is 11.5. The quantitative estimate of drug-likeness (QED) is 0.898. The Kier molecular flexibility index (Phi) is 4.73. The lowest BCUT2D eigenvalue weighted by Gasteiger charge is -2.20. The summed E-state index contributed by atoms with van der Waals surface area (Å²) >= 11 is 9.65. The van der Waals surface area contributed by atoms with Crippen molar-refractivity contribution in [3.63, 3.8) is 0 Å². The van der Waals surface area contributed by atoms with Crippen LogP contribution in [-0.2, 0) is 0 Å². The van der Waals surface area contributed by atoms with Gasteiger partial charge in [-0.25, -0.2) is 0 Å². The highest BCUT2D eigenvalue weighted by Crippen LogP contribution is 2.38. The largest absolute Gasteiger partial charge is 0.496 e. The van der Waals surface area contributed by atoms with Crippen LogP contribution < -0.4 is 4.74 Å². The molecule has 0 aliphatic heterocycles. The lowest BCUT2D eigenvalue weighted by molar-refractivity contribution is 0.199. The van der Waals surface area contributed by atoms with Gasteiger partial charge in [0, 0.05) is 11.6 Å². The van der Waals surface area contributed by atoms with Gasteiger partial charge < -0.3 is 9.84 Å². The van der Waals surface area contributed by atoms with Crippen molar-refractivity contribution in [2.24, 2.45) is 0 Å². The minimum atomic E-state index is -0.919. The molecule has 0 amide bonds. The molecule has 108 valence electrons. The Morgan fingerprint density at radius 1 is 1.40 bits per heavy atom. The molecule has 4 nitrogen and oxygen atoms in total. The maximum Gasteiger partial charge on any atom is 0.127 e. The minimum absolute atomic E-state index is 0.124. The zero-order chi connectivity index (χ0) is 14.9. The maximum absolute atomic E-state index is 10.7. The van der Waals surface area contributed by atoms with Crippen LogP contribution in [0.3, 0.4) is 0 Å². The summed E-state index contributed by atoms with van der Waals surface area (Å²) in [5.74, 6) is 0.549. The average Bonchev–Trinajstić information content (AvgIpc) is 2.79. The second-order valence-corrected chi connectivity index (χ2v) is 5.94. The molecule has 20 heavy (non-hydrogen) atoms. The highest BCUT2D eigenvalue weighted by molar-refractivity contribution is 9.10. The van der Waals surface area contributed by atoms with Crippen molar-refractivity contribution < 1.29 is 9.84 Å². The van der Waals surface area contributed by atoms with E-state index in [9.17, 15) is 5.11 Å². The lowest BCUT2D eigenvalue weighted by atomic mass is 10.0. The summed E-state index contributed by atoms with van der Waals surface area (Å²) < 4.78 is 7.79.